The summed E-state index contributed by atoms with van der Waals surface area (Å²) in [6, 6.07) is 14.8. The number of benzene rings is 2. The van der Waals surface area contributed by atoms with Crippen molar-refractivity contribution in [2.45, 2.75) is 39.5 Å². The molecule has 0 saturated heterocycles. The van der Waals surface area contributed by atoms with Gasteiger partial charge in [0.15, 0.2) is 0 Å². The van der Waals surface area contributed by atoms with Crippen molar-refractivity contribution in [2.75, 3.05) is 6.61 Å². The Morgan fingerprint density at radius 1 is 1.04 bits per heavy atom. The van der Waals surface area contributed by atoms with E-state index in [9.17, 15) is 4.79 Å². The lowest BCUT2D eigenvalue weighted by Crippen LogP contribution is -2.08. The van der Waals surface area contributed by atoms with E-state index >= 15 is 0 Å². The van der Waals surface area contributed by atoms with Gasteiger partial charge in [-0.15, -0.1) is 0 Å². The quantitative estimate of drug-likeness (QED) is 0.587. The monoisotopic (exact) mass is 312 g/mol. The maximum Gasteiger partial charge on any atom is 0.505 e. The zero-order valence-electron chi connectivity index (χ0n) is 14.0. The lowest BCUT2D eigenvalue weighted by molar-refractivity contribution is 0.0898. The third-order valence-electron chi connectivity index (χ3n) is 4.54. The van der Waals surface area contributed by atoms with Gasteiger partial charge < -0.3 is 9.84 Å². The van der Waals surface area contributed by atoms with Crippen molar-refractivity contribution < 1.29 is 14.6 Å². The van der Waals surface area contributed by atoms with E-state index in [1.807, 2.05) is 18.2 Å². The second-order valence-corrected chi connectivity index (χ2v) is 5.94. The van der Waals surface area contributed by atoms with Gasteiger partial charge in [0.2, 0.25) is 0 Å². The van der Waals surface area contributed by atoms with Gasteiger partial charge in [0.1, 0.15) is 0 Å². The molecule has 0 heterocycles. The van der Waals surface area contributed by atoms with Crippen molar-refractivity contribution >= 4 is 6.16 Å². The molecule has 122 valence electrons. The minimum Gasteiger partial charge on any atom is -0.450 e. The predicted octanol–water partition coefficient (Wildman–Crippen LogP) is 5.22. The van der Waals surface area contributed by atoms with E-state index in [2.05, 4.69) is 49.8 Å². The number of carboxylic acid groups (broad SMARTS) is 1. The predicted molar refractivity (Wildman–Crippen MR) is 92.1 cm³/mol. The highest BCUT2D eigenvalue weighted by Crippen LogP contribution is 2.33. The summed E-state index contributed by atoms with van der Waals surface area (Å²) >= 11 is 0. The average molecular weight is 312 g/mol. The maximum absolute atomic E-state index is 10.5. The second kappa shape index (κ2) is 7.82. The molecule has 0 radical (unpaired) electrons. The van der Waals surface area contributed by atoms with Crippen LogP contribution in [-0.2, 0) is 4.74 Å². The summed E-state index contributed by atoms with van der Waals surface area (Å²) in [6.07, 6.45) is 0.363. The molecule has 3 heteroatoms. The molecule has 0 bridgehead atoms. The first-order valence-corrected chi connectivity index (χ1v) is 7.98. The molecule has 1 unspecified atom stereocenters. The summed E-state index contributed by atoms with van der Waals surface area (Å²) in [4.78, 5) is 10.5. The molecule has 2 aromatic carbocycles. The van der Waals surface area contributed by atoms with Crippen LogP contribution in [0.1, 0.15) is 46.6 Å². The van der Waals surface area contributed by atoms with Crippen molar-refractivity contribution in [3.63, 3.8) is 0 Å². The smallest absolute Gasteiger partial charge is 0.450 e. The number of rotatable bonds is 6. The lowest BCUT2D eigenvalue weighted by atomic mass is 9.83. The van der Waals surface area contributed by atoms with E-state index in [1.165, 1.54) is 27.8 Å². The Morgan fingerprint density at radius 2 is 1.74 bits per heavy atom. The Morgan fingerprint density at radius 3 is 2.39 bits per heavy atom. The van der Waals surface area contributed by atoms with Crippen LogP contribution in [0, 0.1) is 20.8 Å². The first kappa shape index (κ1) is 17.1. The molecule has 0 aliphatic rings. The fourth-order valence-electron chi connectivity index (χ4n) is 2.99. The molecule has 0 fully saturated rings. The molecule has 0 saturated carbocycles. The van der Waals surface area contributed by atoms with Crippen LogP contribution in [0.25, 0.3) is 0 Å². The van der Waals surface area contributed by atoms with E-state index in [4.69, 9.17) is 5.11 Å². The summed E-state index contributed by atoms with van der Waals surface area (Å²) in [6.45, 7) is 6.69. The fourth-order valence-corrected chi connectivity index (χ4v) is 2.99. The lowest BCUT2D eigenvalue weighted by Gasteiger charge is -2.22. The second-order valence-electron chi connectivity index (χ2n) is 5.94. The highest BCUT2D eigenvalue weighted by atomic mass is 16.7. The van der Waals surface area contributed by atoms with E-state index in [0.717, 1.165) is 6.42 Å². The zero-order chi connectivity index (χ0) is 16.8. The molecular weight excluding hydrogens is 288 g/mol. The fraction of sp³-hybridized carbons (Fsp3) is 0.350. The Bertz CT molecular complexity index is 662. The molecule has 3 nitrogen and oxygen atoms in total. The number of hydrogen-bond acceptors (Lipinski definition) is 2. The minimum atomic E-state index is -1.20. The highest BCUT2D eigenvalue weighted by Gasteiger charge is 2.17. The van der Waals surface area contributed by atoms with Gasteiger partial charge in [-0.1, -0.05) is 42.5 Å². The minimum absolute atomic E-state index is 0.239. The van der Waals surface area contributed by atoms with Crippen LogP contribution >= 0.6 is 0 Å². The number of aryl methyl sites for hydroxylation is 1. The van der Waals surface area contributed by atoms with Crippen molar-refractivity contribution in [1.82, 2.24) is 0 Å². The largest absolute Gasteiger partial charge is 0.505 e. The van der Waals surface area contributed by atoms with Gasteiger partial charge in [-0.3, -0.25) is 0 Å². The summed E-state index contributed by atoms with van der Waals surface area (Å²) < 4.78 is 4.65. The third kappa shape index (κ3) is 4.35. The molecule has 1 atom stereocenters. The van der Waals surface area contributed by atoms with Gasteiger partial charge in [-0.25, -0.2) is 4.79 Å². The van der Waals surface area contributed by atoms with Crippen LogP contribution < -0.4 is 0 Å². The van der Waals surface area contributed by atoms with Crippen LogP contribution in [0.15, 0.2) is 42.5 Å². The summed E-state index contributed by atoms with van der Waals surface area (Å²) in [5.41, 5.74) is 6.51. The third-order valence-corrected chi connectivity index (χ3v) is 4.54. The van der Waals surface area contributed by atoms with Gasteiger partial charge in [-0.2, -0.15) is 0 Å². The molecular formula is C20H24O3. The van der Waals surface area contributed by atoms with Crippen LogP contribution in [0.4, 0.5) is 4.79 Å². The number of hydrogen-bond donors (Lipinski definition) is 1. The Kier molecular flexibility index (Phi) is 5.80. The van der Waals surface area contributed by atoms with Gasteiger partial charge in [-0.05, 0) is 61.4 Å². The van der Waals surface area contributed by atoms with E-state index in [-0.39, 0.29) is 12.5 Å². The number of carbonyl (C=O) groups is 1. The molecule has 1 N–H and O–H groups in total. The van der Waals surface area contributed by atoms with Crippen molar-refractivity contribution in [3.05, 3.63) is 70.3 Å². The molecule has 2 aromatic rings. The SMILES string of the molecule is Cc1ccc(C(CCCOC(=O)O)c2ccccc2)c(C)c1C. The Hall–Kier alpha value is -2.29. The average Bonchev–Trinajstić information content (AvgIpc) is 2.54. The molecule has 0 spiro atoms. The van der Waals surface area contributed by atoms with E-state index < -0.39 is 6.16 Å². The van der Waals surface area contributed by atoms with Gasteiger partial charge in [0, 0.05) is 5.92 Å². The molecule has 23 heavy (non-hydrogen) atoms. The van der Waals surface area contributed by atoms with Gasteiger partial charge in [0.05, 0.1) is 6.61 Å². The summed E-state index contributed by atoms with van der Waals surface area (Å²) in [5.74, 6) is 0.257. The Balaban J connectivity index is 2.27. The molecule has 0 amide bonds. The van der Waals surface area contributed by atoms with Crippen LogP contribution in [0.2, 0.25) is 0 Å². The highest BCUT2D eigenvalue weighted by molar-refractivity contribution is 5.56. The summed E-state index contributed by atoms with van der Waals surface area (Å²) in [5, 5.41) is 8.60. The standard InChI is InChI=1S/C20H24O3/c1-14-11-12-18(16(3)15(14)2)19(10-7-13-23-20(21)22)17-8-5-4-6-9-17/h4-6,8-9,11-12,19H,7,10,13H2,1-3H3,(H,21,22). The van der Waals surface area contributed by atoms with Crippen molar-refractivity contribution in [1.29, 1.82) is 0 Å². The normalized spacial score (nSPS) is 12.0. The molecule has 0 aliphatic carbocycles. The van der Waals surface area contributed by atoms with Gasteiger partial charge >= 0.3 is 6.16 Å². The topological polar surface area (TPSA) is 46.5 Å². The van der Waals surface area contributed by atoms with Crippen molar-refractivity contribution in [3.8, 4) is 0 Å². The first-order valence-electron chi connectivity index (χ1n) is 7.98. The zero-order valence-corrected chi connectivity index (χ0v) is 14.0. The molecule has 2 rings (SSSR count). The molecule has 0 aromatic heterocycles. The van der Waals surface area contributed by atoms with Crippen LogP contribution in [-0.4, -0.2) is 17.9 Å². The van der Waals surface area contributed by atoms with Crippen LogP contribution in [0.5, 0.6) is 0 Å². The van der Waals surface area contributed by atoms with E-state index in [0.29, 0.717) is 6.42 Å². The van der Waals surface area contributed by atoms with Crippen LogP contribution in [0.3, 0.4) is 0 Å². The number of ether oxygens (including phenoxy) is 1. The summed E-state index contributed by atoms with van der Waals surface area (Å²) in [7, 11) is 0. The van der Waals surface area contributed by atoms with Gasteiger partial charge in [0.25, 0.3) is 0 Å². The van der Waals surface area contributed by atoms with Crippen molar-refractivity contribution in [2.24, 2.45) is 0 Å². The first-order chi connectivity index (χ1) is 11.0. The van der Waals surface area contributed by atoms with E-state index in [1.54, 1.807) is 0 Å². The Labute approximate surface area is 137 Å². The maximum atomic E-state index is 10.5. The molecule has 0 aliphatic heterocycles.